The number of allylic oxidation sites excluding steroid dienone is 4. The quantitative estimate of drug-likeness (QED) is 0.362. The third kappa shape index (κ3) is 18.2. The summed E-state index contributed by atoms with van der Waals surface area (Å²) in [6, 6.07) is 12.5. The summed E-state index contributed by atoms with van der Waals surface area (Å²) >= 11 is 0. The molecule has 0 amide bonds. The van der Waals surface area contributed by atoms with Gasteiger partial charge in [0.2, 0.25) is 0 Å². The Bertz CT molecular complexity index is 842. The predicted molar refractivity (Wildman–Crippen MR) is 150 cm³/mol. The summed E-state index contributed by atoms with van der Waals surface area (Å²) in [4.78, 5) is 16.0. The van der Waals surface area contributed by atoms with E-state index >= 15 is 0 Å². The average molecular weight is 491 g/mol. The van der Waals surface area contributed by atoms with Gasteiger partial charge in [0.1, 0.15) is 25.2 Å². The van der Waals surface area contributed by atoms with E-state index in [1.165, 1.54) is 41.7 Å². The van der Waals surface area contributed by atoms with Crippen LogP contribution >= 0.6 is 0 Å². The first-order chi connectivity index (χ1) is 16.8. The highest BCUT2D eigenvalue weighted by molar-refractivity contribution is 5.27. The van der Waals surface area contributed by atoms with Crippen molar-refractivity contribution in [3.05, 3.63) is 94.1 Å². The number of carbonyl (C=O) groups is 2. The first-order valence-corrected chi connectivity index (χ1v) is 12.2. The topological polar surface area (TPSA) is 34.1 Å². The summed E-state index contributed by atoms with van der Waals surface area (Å²) in [6.45, 7) is 21.0. The molecule has 0 aliphatic heterocycles. The maximum absolute atomic E-state index is 12.6. The van der Waals surface area contributed by atoms with Crippen LogP contribution in [0.3, 0.4) is 0 Å². The highest BCUT2D eigenvalue weighted by Gasteiger charge is 2.01. The van der Waals surface area contributed by atoms with Crippen LogP contribution in [0, 0.1) is 24.5 Å². The molecule has 0 spiro atoms. The van der Waals surface area contributed by atoms with E-state index in [4.69, 9.17) is 9.59 Å². The molecule has 2 aromatic carbocycles. The minimum atomic E-state index is -0.519. The van der Waals surface area contributed by atoms with Crippen molar-refractivity contribution in [2.75, 3.05) is 0 Å². The lowest BCUT2D eigenvalue weighted by Gasteiger charge is -2.09. The number of halogens is 2. The predicted octanol–water partition coefficient (Wildman–Crippen LogP) is 9.30. The number of hydrogen-bond donors (Lipinski definition) is 0. The second kappa shape index (κ2) is 24.3. The van der Waals surface area contributed by atoms with Crippen LogP contribution in [0.4, 0.5) is 8.78 Å². The summed E-state index contributed by atoms with van der Waals surface area (Å²) in [6.07, 6.45) is 8.73. The summed E-state index contributed by atoms with van der Waals surface area (Å²) in [5.74, 6) is -0.319. The van der Waals surface area contributed by atoms with Crippen LogP contribution in [-0.2, 0) is 22.4 Å². The van der Waals surface area contributed by atoms with E-state index in [0.29, 0.717) is 17.9 Å². The highest BCUT2D eigenvalue weighted by Crippen LogP contribution is 2.17. The molecule has 0 heterocycles. The molecular formula is C31H48F2O2. The molecule has 0 N–H and O–H groups in total. The van der Waals surface area contributed by atoms with Crippen LogP contribution in [0.2, 0.25) is 0 Å². The van der Waals surface area contributed by atoms with Crippen LogP contribution in [0.15, 0.2) is 65.8 Å². The van der Waals surface area contributed by atoms with Crippen LogP contribution in [-0.4, -0.2) is 13.6 Å². The Morgan fingerprint density at radius 2 is 1.49 bits per heavy atom. The molecule has 0 unspecified atom stereocenters. The third-order valence-corrected chi connectivity index (χ3v) is 4.86. The van der Waals surface area contributed by atoms with Gasteiger partial charge in [-0.05, 0) is 56.2 Å². The molecular weight excluding hydrogens is 442 g/mol. The minimum Gasteiger partial charge on any atom is -0.307 e. The number of carbonyl (C=O) groups excluding carboxylic acids is 2. The molecule has 35 heavy (non-hydrogen) atoms. The van der Waals surface area contributed by atoms with Crippen molar-refractivity contribution in [1.29, 1.82) is 0 Å². The molecule has 198 valence electrons. The minimum absolute atomic E-state index is 0. The standard InChI is InChI=1S/C19H28.C8H8F2.C2H6.2CH2O.H2/c1-6-7-19(15(2)3)13-10-17(5)14-18-11-8-16(4)9-12-18;1-2-6-3-4-7(9)5-8(6)10;3*1-2;/h8-13,15H,6-7,14H2,1-5H3;3-5H,2H2,1H3;1-2H3;2*1H2;1H/b17-10+,19-13+;;;;;. The maximum atomic E-state index is 12.6. The molecule has 0 fully saturated rings. The van der Waals surface area contributed by atoms with E-state index < -0.39 is 11.6 Å². The monoisotopic (exact) mass is 490 g/mol. The van der Waals surface area contributed by atoms with Crippen molar-refractivity contribution in [3.63, 3.8) is 0 Å². The van der Waals surface area contributed by atoms with Gasteiger partial charge in [-0.3, -0.25) is 0 Å². The molecule has 2 aromatic rings. The number of benzene rings is 2. The normalized spacial score (nSPS) is 10.4. The van der Waals surface area contributed by atoms with Crippen molar-refractivity contribution in [1.82, 2.24) is 0 Å². The summed E-state index contributed by atoms with van der Waals surface area (Å²) < 4.78 is 24.9. The van der Waals surface area contributed by atoms with Crippen LogP contribution in [0.1, 0.15) is 79.4 Å². The Kier molecular flexibility index (Phi) is 25.4. The molecule has 0 aliphatic rings. The van der Waals surface area contributed by atoms with E-state index in [2.05, 4.69) is 71.0 Å². The van der Waals surface area contributed by atoms with Crippen molar-refractivity contribution in [2.45, 2.75) is 81.1 Å². The van der Waals surface area contributed by atoms with Gasteiger partial charge in [0.05, 0.1) is 0 Å². The van der Waals surface area contributed by atoms with E-state index in [-0.39, 0.29) is 1.43 Å². The van der Waals surface area contributed by atoms with E-state index in [1.54, 1.807) is 5.57 Å². The molecule has 2 rings (SSSR count). The van der Waals surface area contributed by atoms with Gasteiger partial charge in [-0.2, -0.15) is 0 Å². The Balaban J connectivity index is -0.000000254. The number of aryl methyl sites for hydroxylation is 2. The lowest BCUT2D eigenvalue weighted by atomic mass is 9.97. The molecule has 0 aromatic heterocycles. The van der Waals surface area contributed by atoms with Crippen molar-refractivity contribution in [3.8, 4) is 0 Å². The lowest BCUT2D eigenvalue weighted by molar-refractivity contribution is -0.0987. The molecule has 0 saturated carbocycles. The fourth-order valence-corrected chi connectivity index (χ4v) is 3.00. The zero-order valence-corrected chi connectivity index (χ0v) is 23.1. The molecule has 2 nitrogen and oxygen atoms in total. The highest BCUT2D eigenvalue weighted by atomic mass is 19.1. The Morgan fingerprint density at radius 1 is 0.943 bits per heavy atom. The van der Waals surface area contributed by atoms with Gasteiger partial charge in [0.15, 0.2) is 0 Å². The van der Waals surface area contributed by atoms with E-state index in [9.17, 15) is 8.78 Å². The first kappa shape index (κ1) is 36.7. The summed E-state index contributed by atoms with van der Waals surface area (Å²) in [5, 5.41) is 0. The fraction of sp³-hybridized carbons (Fsp3) is 0.419. The van der Waals surface area contributed by atoms with Gasteiger partial charge in [0, 0.05) is 7.49 Å². The first-order valence-electron chi connectivity index (χ1n) is 12.2. The Morgan fingerprint density at radius 3 is 1.91 bits per heavy atom. The second-order valence-corrected chi connectivity index (χ2v) is 7.91. The molecule has 4 heteroatoms. The second-order valence-electron chi connectivity index (χ2n) is 7.91. The Labute approximate surface area is 214 Å². The smallest absolute Gasteiger partial charge is 0.129 e. The van der Waals surface area contributed by atoms with Gasteiger partial charge in [0.25, 0.3) is 0 Å². The van der Waals surface area contributed by atoms with Gasteiger partial charge >= 0.3 is 0 Å². The molecule has 0 saturated heterocycles. The van der Waals surface area contributed by atoms with Crippen LogP contribution in [0.25, 0.3) is 0 Å². The SMILES string of the molecule is C=O.C=O.CC.CCC/C(=C\C=C(/C)Cc1ccc(C)cc1)C(C)C.CCc1ccc(F)cc1F.[HH]. The van der Waals surface area contributed by atoms with Gasteiger partial charge in [-0.25, -0.2) is 8.78 Å². The van der Waals surface area contributed by atoms with Crippen molar-refractivity contribution < 1.29 is 19.8 Å². The van der Waals surface area contributed by atoms with Crippen LogP contribution in [0.5, 0.6) is 0 Å². The van der Waals surface area contributed by atoms with Gasteiger partial charge in [-0.15, -0.1) is 0 Å². The molecule has 0 atom stereocenters. The molecule has 0 bridgehead atoms. The lowest BCUT2D eigenvalue weighted by Crippen LogP contribution is -1.93. The Hall–Kier alpha value is -2.88. The zero-order valence-electron chi connectivity index (χ0n) is 23.1. The fourth-order valence-electron chi connectivity index (χ4n) is 3.00. The number of rotatable bonds is 7. The summed E-state index contributed by atoms with van der Waals surface area (Å²) in [7, 11) is 0. The van der Waals surface area contributed by atoms with E-state index in [0.717, 1.165) is 12.5 Å². The summed E-state index contributed by atoms with van der Waals surface area (Å²) in [5.41, 5.74) is 6.27. The van der Waals surface area contributed by atoms with Crippen molar-refractivity contribution >= 4 is 13.6 Å². The van der Waals surface area contributed by atoms with Gasteiger partial charge in [-0.1, -0.05) is 107 Å². The van der Waals surface area contributed by atoms with E-state index in [1.807, 2.05) is 34.3 Å². The zero-order chi connectivity index (χ0) is 27.8. The van der Waals surface area contributed by atoms with Crippen LogP contribution < -0.4 is 0 Å². The third-order valence-electron chi connectivity index (χ3n) is 4.86. The molecule has 0 radical (unpaired) electrons. The molecule has 0 aliphatic carbocycles. The number of hydrogen-bond acceptors (Lipinski definition) is 2. The largest absolute Gasteiger partial charge is 0.307 e. The van der Waals surface area contributed by atoms with Gasteiger partial charge < -0.3 is 9.59 Å². The van der Waals surface area contributed by atoms with Crippen molar-refractivity contribution in [2.24, 2.45) is 5.92 Å². The average Bonchev–Trinajstić information content (AvgIpc) is 2.87. The maximum Gasteiger partial charge on any atom is 0.129 e.